The first-order chi connectivity index (χ1) is 10.0. The Morgan fingerprint density at radius 2 is 1.95 bits per heavy atom. The normalized spacial score (nSPS) is 12.4. The van der Waals surface area contributed by atoms with E-state index in [1.54, 1.807) is 0 Å². The average Bonchev–Trinajstić information content (AvgIpc) is 2.46. The van der Waals surface area contributed by atoms with Crippen LogP contribution in [0.2, 0.25) is 0 Å². The van der Waals surface area contributed by atoms with Crippen LogP contribution in [0.25, 0.3) is 0 Å². The van der Waals surface area contributed by atoms with Gasteiger partial charge >= 0.3 is 0 Å². The minimum Gasteiger partial charge on any atom is -0.319 e. The minimum atomic E-state index is -0.510. The van der Waals surface area contributed by atoms with Crippen LogP contribution in [0.15, 0.2) is 40.9 Å². The minimum absolute atomic E-state index is 0.0215. The molecule has 0 aliphatic rings. The van der Waals surface area contributed by atoms with Crippen LogP contribution in [0.1, 0.15) is 22.6 Å². The highest BCUT2D eigenvalue weighted by atomic mass is 79.9. The number of halogens is 3. The fourth-order valence-corrected chi connectivity index (χ4v) is 2.85. The first kappa shape index (κ1) is 16.1. The number of rotatable bonds is 5. The van der Waals surface area contributed by atoms with Crippen molar-refractivity contribution in [3.63, 3.8) is 0 Å². The van der Waals surface area contributed by atoms with Crippen LogP contribution >= 0.6 is 15.9 Å². The van der Waals surface area contributed by atoms with Crippen molar-refractivity contribution in [2.45, 2.75) is 19.3 Å². The van der Waals surface area contributed by atoms with Crippen LogP contribution < -0.4 is 5.32 Å². The van der Waals surface area contributed by atoms with Crippen molar-refractivity contribution in [2.24, 2.45) is 0 Å². The third-order valence-corrected chi connectivity index (χ3v) is 4.17. The molecule has 1 unspecified atom stereocenters. The summed E-state index contributed by atoms with van der Waals surface area (Å²) in [5, 5.41) is 3.10. The van der Waals surface area contributed by atoms with Crippen molar-refractivity contribution in [1.29, 1.82) is 0 Å². The van der Waals surface area contributed by atoms with E-state index in [1.165, 1.54) is 12.1 Å². The molecular weight excluding hydrogens is 336 g/mol. The second-order valence-corrected chi connectivity index (χ2v) is 6.05. The number of aryl methyl sites for hydroxylation is 1. The van der Waals surface area contributed by atoms with E-state index in [9.17, 15) is 8.78 Å². The summed E-state index contributed by atoms with van der Waals surface area (Å²) in [6, 6.07) is 10.8. The van der Waals surface area contributed by atoms with Crippen LogP contribution in [0, 0.1) is 18.6 Å². The molecule has 0 spiro atoms. The molecule has 4 heteroatoms. The Kier molecular flexibility index (Phi) is 5.48. The molecule has 0 radical (unpaired) electrons. The molecule has 21 heavy (non-hydrogen) atoms. The molecule has 0 fully saturated rings. The number of nitrogens with one attached hydrogen (secondary N) is 1. The van der Waals surface area contributed by atoms with E-state index in [1.807, 2.05) is 32.2 Å². The van der Waals surface area contributed by atoms with Gasteiger partial charge in [0, 0.05) is 18.0 Å². The SMILES string of the molecule is CNCC(Cc1c(F)ccc(Br)c1F)c1cccc(C)c1. The van der Waals surface area contributed by atoms with E-state index in [2.05, 4.69) is 27.3 Å². The fourth-order valence-electron chi connectivity index (χ4n) is 2.48. The second kappa shape index (κ2) is 7.14. The van der Waals surface area contributed by atoms with Gasteiger partial charge in [-0.05, 0) is 54.0 Å². The van der Waals surface area contributed by atoms with Crippen molar-refractivity contribution < 1.29 is 8.78 Å². The van der Waals surface area contributed by atoms with Crippen LogP contribution in [-0.2, 0) is 6.42 Å². The van der Waals surface area contributed by atoms with E-state index >= 15 is 0 Å². The Hall–Kier alpha value is -1.26. The van der Waals surface area contributed by atoms with Crippen molar-refractivity contribution in [1.82, 2.24) is 5.32 Å². The van der Waals surface area contributed by atoms with Gasteiger partial charge in [-0.15, -0.1) is 0 Å². The molecule has 0 aliphatic carbocycles. The molecule has 1 nitrogen and oxygen atoms in total. The molecule has 2 aromatic rings. The summed E-state index contributed by atoms with van der Waals surface area (Å²) in [6.07, 6.45) is 0.321. The van der Waals surface area contributed by atoms with E-state index < -0.39 is 11.6 Å². The van der Waals surface area contributed by atoms with E-state index in [4.69, 9.17) is 0 Å². The summed E-state index contributed by atoms with van der Waals surface area (Å²) >= 11 is 3.12. The average molecular weight is 354 g/mol. The van der Waals surface area contributed by atoms with Gasteiger partial charge in [0.1, 0.15) is 11.6 Å². The molecule has 1 N–H and O–H groups in total. The van der Waals surface area contributed by atoms with Crippen molar-refractivity contribution in [3.05, 3.63) is 69.2 Å². The molecule has 0 bridgehead atoms. The molecule has 0 saturated carbocycles. The lowest BCUT2D eigenvalue weighted by atomic mass is 9.90. The number of benzene rings is 2. The lowest BCUT2D eigenvalue weighted by molar-refractivity contribution is 0.526. The standard InChI is InChI=1S/C17H18BrF2N/c1-11-4-3-5-12(8-11)13(10-21-2)9-14-16(19)7-6-15(18)17(14)20/h3-8,13,21H,9-10H2,1-2H3. The lowest BCUT2D eigenvalue weighted by Gasteiger charge is -2.19. The highest BCUT2D eigenvalue weighted by molar-refractivity contribution is 9.10. The molecule has 0 heterocycles. The van der Waals surface area contributed by atoms with E-state index in [0.717, 1.165) is 11.1 Å². The first-order valence-corrected chi connectivity index (χ1v) is 7.65. The zero-order chi connectivity index (χ0) is 15.4. The Bertz CT molecular complexity index is 628. The molecular formula is C17H18BrF2N. The molecule has 0 saturated heterocycles. The largest absolute Gasteiger partial charge is 0.319 e. The highest BCUT2D eigenvalue weighted by Gasteiger charge is 2.19. The summed E-state index contributed by atoms with van der Waals surface area (Å²) in [4.78, 5) is 0. The Labute approximate surface area is 132 Å². The first-order valence-electron chi connectivity index (χ1n) is 6.86. The zero-order valence-electron chi connectivity index (χ0n) is 12.1. The number of likely N-dealkylation sites (N-methyl/N-ethyl adjacent to an activating group) is 1. The summed E-state index contributed by atoms with van der Waals surface area (Å²) in [6.45, 7) is 2.68. The summed E-state index contributed by atoms with van der Waals surface area (Å²) in [7, 11) is 1.84. The summed E-state index contributed by atoms with van der Waals surface area (Å²) < 4.78 is 28.4. The smallest absolute Gasteiger partial charge is 0.143 e. The van der Waals surface area contributed by atoms with E-state index in [-0.39, 0.29) is 11.5 Å². The van der Waals surface area contributed by atoms with Gasteiger partial charge in [-0.2, -0.15) is 0 Å². The predicted octanol–water partition coefficient (Wildman–Crippen LogP) is 4.58. The Morgan fingerprint density at radius 1 is 1.19 bits per heavy atom. The molecule has 0 amide bonds. The molecule has 112 valence electrons. The van der Waals surface area contributed by atoms with Gasteiger partial charge in [0.2, 0.25) is 0 Å². The third-order valence-electron chi connectivity index (χ3n) is 3.55. The van der Waals surface area contributed by atoms with E-state index in [0.29, 0.717) is 17.4 Å². The lowest BCUT2D eigenvalue weighted by Crippen LogP contribution is -2.20. The summed E-state index contributed by atoms with van der Waals surface area (Å²) in [5.41, 5.74) is 2.36. The van der Waals surface area contributed by atoms with Gasteiger partial charge in [0.05, 0.1) is 4.47 Å². The fraction of sp³-hybridized carbons (Fsp3) is 0.294. The third kappa shape index (κ3) is 3.89. The molecule has 2 aromatic carbocycles. The molecule has 2 rings (SSSR count). The topological polar surface area (TPSA) is 12.0 Å². The number of hydrogen-bond donors (Lipinski definition) is 1. The van der Waals surface area contributed by atoms with Gasteiger partial charge < -0.3 is 5.32 Å². The van der Waals surface area contributed by atoms with Gasteiger partial charge in [-0.3, -0.25) is 0 Å². The van der Waals surface area contributed by atoms with Crippen LogP contribution in [0.4, 0.5) is 8.78 Å². The number of hydrogen-bond acceptors (Lipinski definition) is 1. The maximum absolute atomic E-state index is 14.2. The summed E-state index contributed by atoms with van der Waals surface area (Å²) in [5.74, 6) is -0.985. The maximum atomic E-state index is 14.2. The monoisotopic (exact) mass is 353 g/mol. The quantitative estimate of drug-likeness (QED) is 0.775. The van der Waals surface area contributed by atoms with Crippen LogP contribution in [-0.4, -0.2) is 13.6 Å². The Morgan fingerprint density at radius 3 is 2.62 bits per heavy atom. The molecule has 1 atom stereocenters. The van der Waals surface area contributed by atoms with Gasteiger partial charge in [0.15, 0.2) is 0 Å². The van der Waals surface area contributed by atoms with Gasteiger partial charge in [0.25, 0.3) is 0 Å². The predicted molar refractivity (Wildman–Crippen MR) is 85.6 cm³/mol. The zero-order valence-corrected chi connectivity index (χ0v) is 13.7. The van der Waals surface area contributed by atoms with Crippen molar-refractivity contribution in [2.75, 3.05) is 13.6 Å². The highest BCUT2D eigenvalue weighted by Crippen LogP contribution is 2.28. The van der Waals surface area contributed by atoms with Crippen LogP contribution in [0.3, 0.4) is 0 Å². The van der Waals surface area contributed by atoms with Gasteiger partial charge in [-0.1, -0.05) is 29.8 Å². The van der Waals surface area contributed by atoms with Gasteiger partial charge in [-0.25, -0.2) is 8.78 Å². The van der Waals surface area contributed by atoms with Crippen molar-refractivity contribution in [3.8, 4) is 0 Å². The molecule has 0 aromatic heterocycles. The second-order valence-electron chi connectivity index (χ2n) is 5.19. The maximum Gasteiger partial charge on any atom is 0.143 e. The Balaban J connectivity index is 2.35. The van der Waals surface area contributed by atoms with Crippen LogP contribution in [0.5, 0.6) is 0 Å². The van der Waals surface area contributed by atoms with Crippen molar-refractivity contribution >= 4 is 15.9 Å². The molecule has 0 aliphatic heterocycles.